The lowest BCUT2D eigenvalue weighted by Crippen LogP contribution is -2.46. The van der Waals surface area contributed by atoms with E-state index >= 15 is 0 Å². The molecule has 1 atom stereocenters. The summed E-state index contributed by atoms with van der Waals surface area (Å²) in [5.74, 6) is -1.93. The number of esters is 1. The van der Waals surface area contributed by atoms with E-state index in [0.717, 1.165) is 0 Å². The molecule has 8 heteroatoms. The van der Waals surface area contributed by atoms with Crippen LogP contribution < -0.4 is 16.0 Å². The fourth-order valence-corrected chi connectivity index (χ4v) is 0.974. The Morgan fingerprint density at radius 3 is 2.11 bits per heavy atom. The first kappa shape index (κ1) is 15.9. The molecular weight excluding hydrogens is 242 g/mol. The number of hydrogen-bond donors (Lipinski definition) is 3. The Kier molecular flexibility index (Phi) is 7.10. The minimum atomic E-state index is -0.783. The van der Waals surface area contributed by atoms with E-state index in [1.165, 1.54) is 21.0 Å². The van der Waals surface area contributed by atoms with E-state index in [1.807, 2.05) is 0 Å². The van der Waals surface area contributed by atoms with E-state index < -0.39 is 23.8 Å². The summed E-state index contributed by atoms with van der Waals surface area (Å²) in [6.45, 7) is 2.26. The van der Waals surface area contributed by atoms with Crippen molar-refractivity contribution in [1.29, 1.82) is 0 Å². The van der Waals surface area contributed by atoms with Crippen LogP contribution in [0.25, 0.3) is 0 Å². The zero-order chi connectivity index (χ0) is 14.1. The molecule has 0 aromatic rings. The molecule has 0 spiro atoms. The summed E-state index contributed by atoms with van der Waals surface area (Å²) in [5.41, 5.74) is 0. The number of nitrogens with one attached hydrogen (secondary N) is 3. The van der Waals surface area contributed by atoms with Crippen molar-refractivity contribution in [1.82, 2.24) is 16.0 Å². The van der Waals surface area contributed by atoms with Crippen LogP contribution in [0.4, 0.5) is 0 Å². The first-order chi connectivity index (χ1) is 8.36. The van der Waals surface area contributed by atoms with E-state index in [2.05, 4.69) is 20.7 Å². The summed E-state index contributed by atoms with van der Waals surface area (Å²) in [6, 6.07) is -0.783. The van der Waals surface area contributed by atoms with Gasteiger partial charge in [0.15, 0.2) is 0 Å². The Balaban J connectivity index is 3.86. The minimum Gasteiger partial charge on any atom is -0.467 e. The van der Waals surface area contributed by atoms with Crippen LogP contribution >= 0.6 is 0 Å². The van der Waals surface area contributed by atoms with Gasteiger partial charge < -0.3 is 20.7 Å². The SMILES string of the molecule is COC(=O)[C@H](C)NC(=O)CNC(=O)CNC(C)=O. The standard InChI is InChI=1S/C10H17N3O5/c1-6(10(17)18-3)13-9(16)5-12-8(15)4-11-7(2)14/h6H,4-5H2,1-3H3,(H,11,14)(H,12,15)(H,13,16)/t6-/m0/s1. The van der Waals surface area contributed by atoms with Gasteiger partial charge in [0.1, 0.15) is 6.04 Å². The van der Waals surface area contributed by atoms with E-state index in [1.54, 1.807) is 0 Å². The summed E-state index contributed by atoms with van der Waals surface area (Å²) in [4.78, 5) is 43.9. The van der Waals surface area contributed by atoms with Gasteiger partial charge in [-0.15, -0.1) is 0 Å². The number of methoxy groups -OCH3 is 1. The first-order valence-corrected chi connectivity index (χ1v) is 5.25. The fourth-order valence-electron chi connectivity index (χ4n) is 0.974. The maximum atomic E-state index is 11.3. The first-order valence-electron chi connectivity index (χ1n) is 5.25. The third-order valence-electron chi connectivity index (χ3n) is 1.88. The molecule has 0 aliphatic rings. The lowest BCUT2D eigenvalue weighted by molar-refractivity contribution is -0.144. The Hall–Kier alpha value is -2.12. The average molecular weight is 259 g/mol. The molecule has 3 amide bonds. The second-order valence-corrected chi connectivity index (χ2v) is 3.50. The Bertz CT molecular complexity index is 342. The molecule has 0 unspecified atom stereocenters. The van der Waals surface area contributed by atoms with Crippen LogP contribution in [0, 0.1) is 0 Å². The number of ether oxygens (including phenoxy) is 1. The number of carbonyl (C=O) groups is 4. The third kappa shape index (κ3) is 7.20. The highest BCUT2D eigenvalue weighted by Crippen LogP contribution is 1.85. The molecule has 3 N–H and O–H groups in total. The normalized spacial score (nSPS) is 11.1. The van der Waals surface area contributed by atoms with Gasteiger partial charge >= 0.3 is 5.97 Å². The van der Waals surface area contributed by atoms with E-state index in [9.17, 15) is 19.2 Å². The van der Waals surface area contributed by atoms with Gasteiger partial charge in [0.05, 0.1) is 20.2 Å². The van der Waals surface area contributed by atoms with Crippen LogP contribution in [0.15, 0.2) is 0 Å². The zero-order valence-corrected chi connectivity index (χ0v) is 10.5. The van der Waals surface area contributed by atoms with Crippen molar-refractivity contribution < 1.29 is 23.9 Å². The number of hydrogen-bond acceptors (Lipinski definition) is 5. The minimum absolute atomic E-state index is 0.199. The molecule has 0 aromatic heterocycles. The van der Waals surface area contributed by atoms with Gasteiger partial charge in [-0.25, -0.2) is 4.79 Å². The number of amides is 3. The Morgan fingerprint density at radius 2 is 1.61 bits per heavy atom. The molecule has 0 saturated heterocycles. The second kappa shape index (κ2) is 8.04. The topological polar surface area (TPSA) is 114 Å². The van der Waals surface area contributed by atoms with Crippen LogP contribution in [0.2, 0.25) is 0 Å². The van der Waals surface area contributed by atoms with Crippen molar-refractivity contribution in [3.63, 3.8) is 0 Å². The molecule has 102 valence electrons. The Labute approximate surface area is 104 Å². The molecule has 0 heterocycles. The third-order valence-corrected chi connectivity index (χ3v) is 1.88. The second-order valence-electron chi connectivity index (χ2n) is 3.50. The predicted molar refractivity (Wildman–Crippen MR) is 61.3 cm³/mol. The van der Waals surface area contributed by atoms with Crippen LogP contribution in [-0.4, -0.2) is 49.9 Å². The lowest BCUT2D eigenvalue weighted by Gasteiger charge is -2.11. The highest BCUT2D eigenvalue weighted by atomic mass is 16.5. The van der Waals surface area contributed by atoms with Gasteiger partial charge in [0.2, 0.25) is 17.7 Å². The molecule has 0 aliphatic carbocycles. The van der Waals surface area contributed by atoms with E-state index in [0.29, 0.717) is 0 Å². The molecule has 0 rings (SSSR count). The zero-order valence-electron chi connectivity index (χ0n) is 10.5. The maximum absolute atomic E-state index is 11.3. The van der Waals surface area contributed by atoms with E-state index in [4.69, 9.17) is 0 Å². The molecule has 0 aliphatic heterocycles. The predicted octanol–water partition coefficient (Wildman–Crippen LogP) is -2.08. The van der Waals surface area contributed by atoms with Crippen LogP contribution in [0.3, 0.4) is 0 Å². The molecule has 8 nitrogen and oxygen atoms in total. The number of rotatable bonds is 6. The molecule has 0 aromatic carbocycles. The summed E-state index contributed by atoms with van der Waals surface area (Å²) in [7, 11) is 1.21. The maximum Gasteiger partial charge on any atom is 0.328 e. The smallest absolute Gasteiger partial charge is 0.328 e. The van der Waals surface area contributed by atoms with Gasteiger partial charge in [0.25, 0.3) is 0 Å². The van der Waals surface area contributed by atoms with E-state index in [-0.39, 0.29) is 19.0 Å². The quantitative estimate of drug-likeness (QED) is 0.474. The molecule has 0 saturated carbocycles. The van der Waals surface area contributed by atoms with Gasteiger partial charge in [-0.3, -0.25) is 14.4 Å². The van der Waals surface area contributed by atoms with Crippen molar-refractivity contribution in [2.24, 2.45) is 0 Å². The van der Waals surface area contributed by atoms with Gasteiger partial charge in [-0.2, -0.15) is 0 Å². The van der Waals surface area contributed by atoms with Gasteiger partial charge in [0, 0.05) is 6.92 Å². The number of carbonyl (C=O) groups excluding carboxylic acids is 4. The summed E-state index contributed by atoms with van der Waals surface area (Å²) >= 11 is 0. The van der Waals surface area contributed by atoms with Crippen molar-refractivity contribution in [3.8, 4) is 0 Å². The summed E-state index contributed by atoms with van der Waals surface area (Å²) in [5, 5.41) is 6.90. The Morgan fingerprint density at radius 1 is 1.06 bits per heavy atom. The molecule has 0 bridgehead atoms. The molecule has 0 fully saturated rings. The van der Waals surface area contributed by atoms with Crippen LogP contribution in [0.5, 0.6) is 0 Å². The summed E-state index contributed by atoms with van der Waals surface area (Å²) in [6.07, 6.45) is 0. The van der Waals surface area contributed by atoms with Crippen molar-refractivity contribution in [2.45, 2.75) is 19.9 Å². The molecular formula is C10H17N3O5. The van der Waals surface area contributed by atoms with Gasteiger partial charge in [-0.05, 0) is 6.92 Å². The van der Waals surface area contributed by atoms with Crippen molar-refractivity contribution in [2.75, 3.05) is 20.2 Å². The van der Waals surface area contributed by atoms with Crippen molar-refractivity contribution >= 4 is 23.7 Å². The largest absolute Gasteiger partial charge is 0.467 e. The van der Waals surface area contributed by atoms with Crippen LogP contribution in [-0.2, 0) is 23.9 Å². The monoisotopic (exact) mass is 259 g/mol. The highest BCUT2D eigenvalue weighted by Gasteiger charge is 2.15. The summed E-state index contributed by atoms with van der Waals surface area (Å²) < 4.78 is 4.41. The van der Waals surface area contributed by atoms with Crippen LogP contribution in [0.1, 0.15) is 13.8 Å². The van der Waals surface area contributed by atoms with Crippen molar-refractivity contribution in [3.05, 3.63) is 0 Å². The van der Waals surface area contributed by atoms with Gasteiger partial charge in [-0.1, -0.05) is 0 Å². The fraction of sp³-hybridized carbons (Fsp3) is 0.600. The lowest BCUT2D eigenvalue weighted by atomic mass is 10.3. The average Bonchev–Trinajstić information content (AvgIpc) is 2.32. The molecule has 0 radical (unpaired) electrons. The molecule has 18 heavy (non-hydrogen) atoms. The highest BCUT2D eigenvalue weighted by molar-refractivity contribution is 5.89.